The molecule has 0 spiro atoms. The van der Waals surface area contributed by atoms with Gasteiger partial charge in [-0.25, -0.2) is 15.0 Å². The summed E-state index contributed by atoms with van der Waals surface area (Å²) >= 11 is 0. The molecule has 0 aromatic carbocycles. The third kappa shape index (κ3) is 3.45. The van der Waals surface area contributed by atoms with Crippen LogP contribution < -0.4 is 5.32 Å². The number of carbonyl (C=O) groups is 1. The molecule has 12 heteroatoms. The summed E-state index contributed by atoms with van der Waals surface area (Å²) in [7, 11) is 0. The minimum absolute atomic E-state index is 0.00755. The Kier molecular flexibility index (Phi) is 4.79. The van der Waals surface area contributed by atoms with Gasteiger partial charge in [0.2, 0.25) is 0 Å². The van der Waals surface area contributed by atoms with Crippen molar-refractivity contribution < 1.29 is 18.0 Å². The monoisotopic (exact) mass is 444 g/mol. The van der Waals surface area contributed by atoms with E-state index in [1.807, 2.05) is 11.8 Å². The molecule has 2 aliphatic rings. The van der Waals surface area contributed by atoms with Gasteiger partial charge in [-0.1, -0.05) is 0 Å². The summed E-state index contributed by atoms with van der Waals surface area (Å²) in [5, 5.41) is 11.5. The number of carbonyl (C=O) groups excluding carboxylic acids is 1. The lowest BCUT2D eigenvalue weighted by atomic mass is 9.95. The van der Waals surface area contributed by atoms with Crippen molar-refractivity contribution in [2.45, 2.75) is 50.5 Å². The molecule has 3 unspecified atom stereocenters. The quantitative estimate of drug-likeness (QED) is 0.660. The van der Waals surface area contributed by atoms with Gasteiger partial charge >= 0.3 is 6.18 Å². The van der Waals surface area contributed by atoms with Gasteiger partial charge in [-0.2, -0.15) is 23.4 Å². The first kappa shape index (κ1) is 20.3. The number of fused-ring (bicyclic) bond motifs is 2. The van der Waals surface area contributed by atoms with E-state index >= 15 is 0 Å². The van der Waals surface area contributed by atoms with E-state index in [0.29, 0.717) is 18.3 Å². The molecule has 1 N–H and O–H groups in total. The zero-order valence-electron chi connectivity index (χ0n) is 17.0. The van der Waals surface area contributed by atoms with Crippen LogP contribution in [0.3, 0.4) is 0 Å². The first-order chi connectivity index (χ1) is 15.3. The van der Waals surface area contributed by atoms with Crippen LogP contribution in [0.4, 0.5) is 19.0 Å². The van der Waals surface area contributed by atoms with Gasteiger partial charge in [-0.15, -0.1) is 4.80 Å². The fourth-order valence-corrected chi connectivity index (χ4v) is 4.61. The molecule has 32 heavy (non-hydrogen) atoms. The van der Waals surface area contributed by atoms with Crippen LogP contribution in [0.25, 0.3) is 5.69 Å². The molecule has 0 saturated carbocycles. The second-order valence-electron chi connectivity index (χ2n) is 7.93. The Morgan fingerprint density at radius 2 is 1.88 bits per heavy atom. The molecule has 2 bridgehead atoms. The van der Waals surface area contributed by atoms with E-state index in [4.69, 9.17) is 0 Å². The maximum Gasteiger partial charge on any atom is 0.434 e. The summed E-state index contributed by atoms with van der Waals surface area (Å²) in [4.78, 5) is 28.4. The third-order valence-corrected chi connectivity index (χ3v) is 5.99. The van der Waals surface area contributed by atoms with E-state index in [9.17, 15) is 18.0 Å². The predicted octanol–water partition coefficient (Wildman–Crippen LogP) is 2.64. The smallest absolute Gasteiger partial charge is 0.364 e. The van der Waals surface area contributed by atoms with Crippen LogP contribution in [0.1, 0.15) is 41.0 Å². The molecule has 3 aromatic rings. The molecule has 3 aromatic heterocycles. The number of amides is 1. The van der Waals surface area contributed by atoms with E-state index in [1.165, 1.54) is 17.2 Å². The highest BCUT2D eigenvalue weighted by molar-refractivity contribution is 5.97. The second kappa shape index (κ2) is 7.53. The van der Waals surface area contributed by atoms with Crippen LogP contribution in [0.5, 0.6) is 0 Å². The molecule has 3 atom stereocenters. The number of aromatic nitrogens is 6. The van der Waals surface area contributed by atoms with E-state index < -0.39 is 11.9 Å². The number of rotatable bonds is 4. The Balaban J connectivity index is 1.38. The molecule has 9 nitrogen and oxygen atoms in total. The highest BCUT2D eigenvalue weighted by Crippen LogP contribution is 2.40. The number of anilines is 1. The minimum atomic E-state index is -4.54. The van der Waals surface area contributed by atoms with Gasteiger partial charge in [-0.05, 0) is 37.8 Å². The average molecular weight is 444 g/mol. The van der Waals surface area contributed by atoms with Gasteiger partial charge in [0.1, 0.15) is 11.5 Å². The molecule has 0 radical (unpaired) electrons. The van der Waals surface area contributed by atoms with Crippen molar-refractivity contribution in [2.24, 2.45) is 0 Å². The fraction of sp³-hybridized carbons (Fsp3) is 0.400. The van der Waals surface area contributed by atoms with Gasteiger partial charge in [-0.3, -0.25) is 4.79 Å². The topological polar surface area (TPSA) is 102 Å². The van der Waals surface area contributed by atoms with Crippen molar-refractivity contribution in [3.8, 4) is 5.69 Å². The van der Waals surface area contributed by atoms with Crippen molar-refractivity contribution in [1.29, 1.82) is 0 Å². The number of nitrogens with one attached hydrogen (secondary N) is 1. The Morgan fingerprint density at radius 1 is 1.09 bits per heavy atom. The number of halogens is 3. The Hall–Kier alpha value is -3.57. The molecule has 5 heterocycles. The highest BCUT2D eigenvalue weighted by atomic mass is 19.4. The largest absolute Gasteiger partial charge is 0.434 e. The minimum Gasteiger partial charge on any atom is -0.364 e. The van der Waals surface area contributed by atoms with Gasteiger partial charge in [0.15, 0.2) is 11.4 Å². The van der Waals surface area contributed by atoms with Crippen LogP contribution in [-0.4, -0.2) is 58.9 Å². The van der Waals surface area contributed by atoms with Crippen LogP contribution in [0.15, 0.2) is 37.1 Å². The normalized spacial score (nSPS) is 22.4. The number of aryl methyl sites for hydroxylation is 1. The van der Waals surface area contributed by atoms with Gasteiger partial charge in [0.25, 0.3) is 5.91 Å². The SMILES string of the molecule is Cc1ccnc(C(=O)N2C3CCC2C(Nc2cnc(C(F)(F)F)cn2)C3)c1-n1nccn1. The second-order valence-corrected chi connectivity index (χ2v) is 7.93. The van der Waals surface area contributed by atoms with E-state index in [1.54, 1.807) is 12.3 Å². The Bertz CT molecular complexity index is 1130. The van der Waals surface area contributed by atoms with Crippen LogP contribution in [0, 0.1) is 6.92 Å². The molecule has 1 amide bonds. The first-order valence-electron chi connectivity index (χ1n) is 10.1. The lowest BCUT2D eigenvalue weighted by Crippen LogP contribution is -2.40. The molecule has 2 saturated heterocycles. The number of hydrogen-bond acceptors (Lipinski definition) is 7. The van der Waals surface area contributed by atoms with Crippen LogP contribution in [-0.2, 0) is 6.18 Å². The van der Waals surface area contributed by atoms with Gasteiger partial charge in [0.05, 0.1) is 36.9 Å². The maximum absolute atomic E-state index is 13.5. The molecular formula is C20H19F3N8O. The average Bonchev–Trinajstić information content (AvgIpc) is 3.49. The summed E-state index contributed by atoms with van der Waals surface area (Å²) in [6.45, 7) is 1.86. The van der Waals surface area contributed by atoms with Gasteiger partial charge < -0.3 is 10.2 Å². The number of alkyl halides is 3. The van der Waals surface area contributed by atoms with Crippen molar-refractivity contribution in [1.82, 2.24) is 34.8 Å². The molecular weight excluding hydrogens is 425 g/mol. The Labute approximate surface area is 180 Å². The molecule has 2 aliphatic heterocycles. The number of hydrogen-bond donors (Lipinski definition) is 1. The highest BCUT2D eigenvalue weighted by Gasteiger charge is 2.49. The van der Waals surface area contributed by atoms with Crippen LogP contribution >= 0.6 is 0 Å². The number of pyridine rings is 1. The third-order valence-electron chi connectivity index (χ3n) is 5.99. The van der Waals surface area contributed by atoms with Crippen molar-refractivity contribution in [2.75, 3.05) is 5.32 Å². The molecule has 2 fully saturated rings. The molecule has 166 valence electrons. The van der Waals surface area contributed by atoms with Crippen LogP contribution in [0.2, 0.25) is 0 Å². The summed E-state index contributed by atoms with van der Waals surface area (Å²) in [5.41, 5.74) is 0.582. The molecule has 0 aliphatic carbocycles. The summed E-state index contributed by atoms with van der Waals surface area (Å²) in [6.07, 6.45) is 4.20. The van der Waals surface area contributed by atoms with E-state index in [2.05, 4.69) is 30.5 Å². The fourth-order valence-electron chi connectivity index (χ4n) is 4.61. The molecule has 5 rings (SSSR count). The summed E-state index contributed by atoms with van der Waals surface area (Å²) < 4.78 is 38.2. The van der Waals surface area contributed by atoms with E-state index in [0.717, 1.165) is 24.6 Å². The number of nitrogens with zero attached hydrogens (tertiary/aromatic N) is 7. The van der Waals surface area contributed by atoms with E-state index in [-0.39, 0.29) is 35.5 Å². The zero-order chi connectivity index (χ0) is 22.5. The summed E-state index contributed by atoms with van der Waals surface area (Å²) in [6, 6.07) is 1.53. The zero-order valence-corrected chi connectivity index (χ0v) is 17.0. The van der Waals surface area contributed by atoms with Crippen molar-refractivity contribution in [3.05, 3.63) is 54.0 Å². The summed E-state index contributed by atoms with van der Waals surface area (Å²) in [5.74, 6) is 0.0364. The lowest BCUT2D eigenvalue weighted by Gasteiger charge is -2.25. The van der Waals surface area contributed by atoms with Crippen molar-refractivity contribution in [3.63, 3.8) is 0 Å². The first-order valence-corrected chi connectivity index (χ1v) is 10.1. The van der Waals surface area contributed by atoms with Gasteiger partial charge in [0, 0.05) is 12.2 Å². The Morgan fingerprint density at radius 3 is 2.56 bits per heavy atom. The maximum atomic E-state index is 13.5. The standard InChI is InChI=1S/C20H19F3N8O/c1-11-4-5-24-17(18(11)31-27-6-7-28-31)19(32)30-12-2-3-14(30)13(8-12)29-16-10-25-15(9-26-16)20(21,22)23/h4-7,9-10,12-14H,2-3,8H2,1H3,(H,26,29). The van der Waals surface area contributed by atoms with Crippen molar-refractivity contribution >= 4 is 11.7 Å². The predicted molar refractivity (Wildman–Crippen MR) is 106 cm³/mol. The lowest BCUT2D eigenvalue weighted by molar-refractivity contribution is -0.141.